The lowest BCUT2D eigenvalue weighted by atomic mass is 9.78. The molecule has 2 amide bonds. The van der Waals surface area contributed by atoms with Crippen LogP contribution in [-0.4, -0.2) is 87.5 Å². The number of anilines is 1. The second-order valence-electron chi connectivity index (χ2n) is 13.6. The Labute approximate surface area is 274 Å². The van der Waals surface area contributed by atoms with Crippen molar-refractivity contribution in [2.45, 2.75) is 90.1 Å². The summed E-state index contributed by atoms with van der Waals surface area (Å²) in [5.74, 6) is 1.47. The van der Waals surface area contributed by atoms with Crippen LogP contribution in [-0.2, 0) is 25.7 Å². The number of likely N-dealkylation sites (tertiary alicyclic amines) is 1. The number of nitrogens with one attached hydrogen (secondary N) is 1. The number of carbonyl (C=O) groups excluding carboxylic acids is 2. The van der Waals surface area contributed by atoms with E-state index >= 15 is 0 Å². The fraction of sp³-hybridized carbons (Fsp3) is 0.611. The lowest BCUT2D eigenvalue weighted by Gasteiger charge is -2.47. The van der Waals surface area contributed by atoms with E-state index in [1.54, 1.807) is 14.2 Å². The summed E-state index contributed by atoms with van der Waals surface area (Å²) in [5.41, 5.74) is 9.18. The quantitative estimate of drug-likeness (QED) is 0.291. The van der Waals surface area contributed by atoms with Crippen molar-refractivity contribution < 1.29 is 28.5 Å². The van der Waals surface area contributed by atoms with Gasteiger partial charge in [-0.2, -0.15) is 0 Å². The molecular weight excluding hydrogens is 584 g/mol. The minimum Gasteiger partial charge on any atom is -0.497 e. The number of hydrogen-bond acceptors (Lipinski definition) is 8. The highest BCUT2D eigenvalue weighted by Gasteiger charge is 2.43. The van der Waals surface area contributed by atoms with Crippen molar-refractivity contribution in [3.05, 3.63) is 53.6 Å². The fourth-order valence-electron chi connectivity index (χ4n) is 6.71. The van der Waals surface area contributed by atoms with Gasteiger partial charge in [-0.15, -0.1) is 0 Å². The maximum Gasteiger partial charge on any atom is 0.240 e. The van der Waals surface area contributed by atoms with Gasteiger partial charge in [-0.3, -0.25) is 9.59 Å². The summed E-state index contributed by atoms with van der Waals surface area (Å²) in [5, 5.41) is 3.07. The van der Waals surface area contributed by atoms with E-state index in [1.807, 2.05) is 50.8 Å². The molecule has 10 heteroatoms. The molecule has 0 spiro atoms. The van der Waals surface area contributed by atoms with Gasteiger partial charge in [0.25, 0.3) is 0 Å². The van der Waals surface area contributed by atoms with E-state index in [1.165, 1.54) is 6.92 Å². The number of nitrogens with zero attached hydrogens (tertiary/aromatic N) is 2. The van der Waals surface area contributed by atoms with E-state index in [9.17, 15) is 9.59 Å². The first kappa shape index (κ1) is 35.5. The van der Waals surface area contributed by atoms with Crippen molar-refractivity contribution in [1.82, 2.24) is 10.2 Å². The molecule has 1 saturated heterocycles. The average molecular weight is 639 g/mol. The molecule has 4 rings (SSSR count). The minimum atomic E-state index is -0.630. The van der Waals surface area contributed by atoms with Gasteiger partial charge in [0.1, 0.15) is 18.1 Å². The van der Waals surface area contributed by atoms with Crippen LogP contribution in [0, 0.1) is 5.92 Å². The van der Waals surface area contributed by atoms with Gasteiger partial charge in [-0.25, -0.2) is 0 Å². The number of piperidine rings is 1. The van der Waals surface area contributed by atoms with Crippen LogP contribution in [0.25, 0.3) is 0 Å². The largest absolute Gasteiger partial charge is 0.497 e. The molecular formula is C36H54N4O6. The Kier molecular flexibility index (Phi) is 12.3. The molecule has 4 atom stereocenters. The molecule has 2 aliphatic heterocycles. The van der Waals surface area contributed by atoms with Crippen molar-refractivity contribution in [1.29, 1.82) is 0 Å². The number of nitrogens with two attached hydrogens (primary N) is 1. The summed E-state index contributed by atoms with van der Waals surface area (Å²) < 4.78 is 23.4. The molecule has 254 valence electrons. The highest BCUT2D eigenvalue weighted by Crippen LogP contribution is 2.39. The van der Waals surface area contributed by atoms with E-state index in [-0.39, 0.29) is 35.8 Å². The predicted octanol–water partition coefficient (Wildman–Crippen LogP) is 4.49. The van der Waals surface area contributed by atoms with Gasteiger partial charge in [-0.1, -0.05) is 32.0 Å². The molecule has 0 saturated carbocycles. The van der Waals surface area contributed by atoms with Crippen LogP contribution in [0.2, 0.25) is 0 Å². The first-order valence-electron chi connectivity index (χ1n) is 16.5. The normalized spacial score (nSPS) is 20.6. The molecule has 3 N–H and O–H groups in total. The average Bonchev–Trinajstić information content (AvgIpc) is 3.02. The maximum atomic E-state index is 13.9. The zero-order valence-electron chi connectivity index (χ0n) is 28.7. The highest BCUT2D eigenvalue weighted by molar-refractivity contribution is 5.82. The number of benzene rings is 2. The molecule has 10 nitrogen and oxygen atoms in total. The lowest BCUT2D eigenvalue weighted by molar-refractivity contribution is -0.144. The molecule has 0 radical (unpaired) electrons. The van der Waals surface area contributed by atoms with Crippen molar-refractivity contribution in [3.63, 3.8) is 0 Å². The number of amides is 2. The molecule has 2 heterocycles. The van der Waals surface area contributed by atoms with Crippen LogP contribution >= 0.6 is 0 Å². The summed E-state index contributed by atoms with van der Waals surface area (Å²) >= 11 is 0. The SMILES string of the molecule is COCCCN1CCOc2ccc(CO[C@H]3CN(C(=O)[C@@H](N)C(C)C)[C@@H](CC(C)(C)NC(C)=O)C[C@@H]3c3ccc(OC)cc3)cc21. The van der Waals surface area contributed by atoms with Gasteiger partial charge in [0, 0.05) is 51.2 Å². The van der Waals surface area contributed by atoms with Gasteiger partial charge >= 0.3 is 0 Å². The second kappa shape index (κ2) is 16.0. The first-order chi connectivity index (χ1) is 21.9. The highest BCUT2D eigenvalue weighted by atomic mass is 16.5. The Morgan fingerprint density at radius 1 is 1.13 bits per heavy atom. The third kappa shape index (κ3) is 9.14. The molecule has 0 aromatic heterocycles. The molecule has 0 bridgehead atoms. The van der Waals surface area contributed by atoms with Crippen LogP contribution in [0.15, 0.2) is 42.5 Å². The zero-order valence-corrected chi connectivity index (χ0v) is 28.7. The molecule has 0 aliphatic carbocycles. The van der Waals surface area contributed by atoms with Gasteiger partial charge in [0.05, 0.1) is 38.1 Å². The third-order valence-electron chi connectivity index (χ3n) is 9.11. The number of fused-ring (bicyclic) bond motifs is 1. The molecule has 1 fully saturated rings. The van der Waals surface area contributed by atoms with E-state index in [0.29, 0.717) is 39.2 Å². The first-order valence-corrected chi connectivity index (χ1v) is 16.5. The summed E-state index contributed by atoms with van der Waals surface area (Å²) in [6.45, 7) is 13.3. The summed E-state index contributed by atoms with van der Waals surface area (Å²) in [7, 11) is 3.38. The van der Waals surface area contributed by atoms with E-state index in [2.05, 4.69) is 34.5 Å². The monoisotopic (exact) mass is 638 g/mol. The number of rotatable bonds is 14. The number of methoxy groups -OCH3 is 2. The Morgan fingerprint density at radius 3 is 2.52 bits per heavy atom. The topological polar surface area (TPSA) is 116 Å². The predicted molar refractivity (Wildman–Crippen MR) is 180 cm³/mol. The Balaban J connectivity index is 1.63. The second-order valence-corrected chi connectivity index (χ2v) is 13.6. The van der Waals surface area contributed by atoms with Crippen LogP contribution in [0.1, 0.15) is 70.9 Å². The Hall–Kier alpha value is -3.34. The van der Waals surface area contributed by atoms with Gasteiger partial charge in [-0.05, 0) is 74.4 Å². The van der Waals surface area contributed by atoms with E-state index in [0.717, 1.165) is 47.8 Å². The van der Waals surface area contributed by atoms with Crippen molar-refractivity contribution in [2.75, 3.05) is 52.0 Å². The van der Waals surface area contributed by atoms with Gasteiger partial charge < -0.3 is 39.8 Å². The maximum absolute atomic E-state index is 13.9. The molecule has 0 unspecified atom stereocenters. The Bertz CT molecular complexity index is 1300. The smallest absolute Gasteiger partial charge is 0.240 e. The van der Waals surface area contributed by atoms with Crippen LogP contribution < -0.4 is 25.4 Å². The summed E-state index contributed by atoms with van der Waals surface area (Å²) in [6.07, 6.45) is 1.92. The van der Waals surface area contributed by atoms with Crippen LogP contribution in [0.5, 0.6) is 11.5 Å². The fourth-order valence-corrected chi connectivity index (χ4v) is 6.71. The zero-order chi connectivity index (χ0) is 33.4. The third-order valence-corrected chi connectivity index (χ3v) is 9.11. The lowest BCUT2D eigenvalue weighted by Crippen LogP contribution is -2.59. The number of carbonyl (C=O) groups is 2. The molecule has 2 aromatic rings. The van der Waals surface area contributed by atoms with Crippen LogP contribution in [0.4, 0.5) is 5.69 Å². The van der Waals surface area contributed by atoms with Gasteiger partial charge in [0.2, 0.25) is 11.8 Å². The Morgan fingerprint density at radius 2 is 1.87 bits per heavy atom. The van der Waals surface area contributed by atoms with Crippen LogP contribution in [0.3, 0.4) is 0 Å². The van der Waals surface area contributed by atoms with Crippen molar-refractivity contribution >= 4 is 17.5 Å². The molecule has 46 heavy (non-hydrogen) atoms. The van der Waals surface area contributed by atoms with Crippen molar-refractivity contribution in [2.24, 2.45) is 11.7 Å². The number of ether oxygens (including phenoxy) is 4. The molecule has 2 aromatic carbocycles. The number of hydrogen-bond donors (Lipinski definition) is 2. The van der Waals surface area contributed by atoms with E-state index < -0.39 is 11.6 Å². The summed E-state index contributed by atoms with van der Waals surface area (Å²) in [4.78, 5) is 30.2. The molecule has 2 aliphatic rings. The van der Waals surface area contributed by atoms with Gasteiger partial charge in [0.15, 0.2) is 0 Å². The standard InChI is InChI=1S/C36H54N4O6/c1-24(2)34(37)35(42)40-22-33(46-23-26-9-14-32-31(19-26)39(16-18-45-32)15-8-17-43-6)30(27-10-12-29(44-7)13-11-27)20-28(40)21-36(4,5)38-25(3)41/h9-14,19,24,28,30,33-34H,8,15-18,20-23,37H2,1-7H3,(H,38,41)/t28-,30-,33+,34+/m1/s1. The van der Waals surface area contributed by atoms with Crippen molar-refractivity contribution in [3.8, 4) is 11.5 Å². The minimum absolute atomic E-state index is 0.00913. The van der Waals surface area contributed by atoms with E-state index in [4.69, 9.17) is 24.7 Å². The summed E-state index contributed by atoms with van der Waals surface area (Å²) in [6, 6.07) is 13.6.